The lowest BCUT2D eigenvalue weighted by Gasteiger charge is -2.05. The number of thioether (sulfide) groups is 1. The topological polar surface area (TPSA) is 53.4 Å². The van der Waals surface area contributed by atoms with Crippen molar-refractivity contribution in [3.63, 3.8) is 0 Å². The van der Waals surface area contributed by atoms with Crippen molar-refractivity contribution in [2.75, 3.05) is 5.75 Å². The Morgan fingerprint density at radius 1 is 1.54 bits per heavy atom. The molecule has 0 spiro atoms. The van der Waals surface area contributed by atoms with Crippen LogP contribution in [0.15, 0.2) is 17.3 Å². The molecule has 2 N–H and O–H groups in total. The SMILES string of the molecule is CCSc1cc(C)c(B(O)O)cn1. The quantitative estimate of drug-likeness (QED) is 0.536. The molecule has 70 valence electrons. The summed E-state index contributed by atoms with van der Waals surface area (Å²) in [5.41, 5.74) is 1.33. The largest absolute Gasteiger partial charge is 0.490 e. The normalized spacial score (nSPS) is 10.2. The lowest BCUT2D eigenvalue weighted by atomic mass is 9.79. The third-order valence-corrected chi connectivity index (χ3v) is 2.50. The Morgan fingerprint density at radius 2 is 2.23 bits per heavy atom. The average Bonchev–Trinajstić information content (AvgIpc) is 2.04. The molecule has 1 aromatic rings. The number of aryl methyl sites for hydroxylation is 1. The van der Waals surface area contributed by atoms with Gasteiger partial charge in [-0.2, -0.15) is 0 Å². The maximum Gasteiger partial charge on any atom is 0.490 e. The number of aromatic nitrogens is 1. The molecule has 1 aromatic heterocycles. The first kappa shape index (κ1) is 10.6. The second-order valence-corrected chi connectivity index (χ2v) is 3.97. The van der Waals surface area contributed by atoms with E-state index in [4.69, 9.17) is 10.0 Å². The van der Waals surface area contributed by atoms with E-state index in [0.717, 1.165) is 16.3 Å². The van der Waals surface area contributed by atoms with Gasteiger partial charge in [0.1, 0.15) is 0 Å². The lowest BCUT2D eigenvalue weighted by molar-refractivity contribution is 0.425. The van der Waals surface area contributed by atoms with Crippen LogP contribution in [0.2, 0.25) is 0 Å². The van der Waals surface area contributed by atoms with Crippen molar-refractivity contribution in [2.24, 2.45) is 0 Å². The van der Waals surface area contributed by atoms with Gasteiger partial charge in [0.25, 0.3) is 0 Å². The molecule has 0 aliphatic rings. The Morgan fingerprint density at radius 3 is 2.69 bits per heavy atom. The summed E-state index contributed by atoms with van der Waals surface area (Å²) < 4.78 is 0. The Hall–Kier alpha value is -0.515. The van der Waals surface area contributed by atoms with E-state index in [1.807, 2.05) is 13.0 Å². The van der Waals surface area contributed by atoms with E-state index in [9.17, 15) is 0 Å². The molecule has 0 saturated heterocycles. The number of rotatable bonds is 3. The van der Waals surface area contributed by atoms with Crippen LogP contribution in [-0.2, 0) is 0 Å². The van der Waals surface area contributed by atoms with Gasteiger partial charge < -0.3 is 10.0 Å². The van der Waals surface area contributed by atoms with Crippen molar-refractivity contribution in [2.45, 2.75) is 18.9 Å². The summed E-state index contributed by atoms with van der Waals surface area (Å²) in [6.07, 6.45) is 1.51. The molecule has 1 rings (SSSR count). The van der Waals surface area contributed by atoms with Crippen molar-refractivity contribution in [1.29, 1.82) is 0 Å². The monoisotopic (exact) mass is 197 g/mol. The summed E-state index contributed by atoms with van der Waals surface area (Å²) >= 11 is 1.64. The van der Waals surface area contributed by atoms with Crippen LogP contribution in [0.25, 0.3) is 0 Å². The van der Waals surface area contributed by atoms with E-state index in [-0.39, 0.29) is 0 Å². The maximum absolute atomic E-state index is 8.93. The Balaban J connectivity index is 2.92. The molecule has 0 fully saturated rings. The summed E-state index contributed by atoms with van der Waals surface area (Å²) in [4.78, 5) is 4.09. The van der Waals surface area contributed by atoms with Gasteiger partial charge in [0.15, 0.2) is 0 Å². The maximum atomic E-state index is 8.93. The predicted octanol–water partition coefficient (Wildman–Crippen LogP) is 0.182. The molecule has 1 heterocycles. The van der Waals surface area contributed by atoms with Gasteiger partial charge in [0, 0.05) is 11.7 Å². The number of hydrogen-bond acceptors (Lipinski definition) is 4. The highest BCUT2D eigenvalue weighted by atomic mass is 32.2. The fourth-order valence-electron chi connectivity index (χ4n) is 1.04. The molecule has 13 heavy (non-hydrogen) atoms. The van der Waals surface area contributed by atoms with Gasteiger partial charge in [-0.15, -0.1) is 11.8 Å². The van der Waals surface area contributed by atoms with Crippen LogP contribution in [0, 0.1) is 6.92 Å². The van der Waals surface area contributed by atoms with Crippen molar-refractivity contribution < 1.29 is 10.0 Å². The molecule has 0 unspecified atom stereocenters. The molecule has 0 radical (unpaired) electrons. The van der Waals surface area contributed by atoms with Gasteiger partial charge in [0.2, 0.25) is 0 Å². The highest BCUT2D eigenvalue weighted by Crippen LogP contribution is 2.14. The number of nitrogens with zero attached hydrogens (tertiary/aromatic N) is 1. The summed E-state index contributed by atoms with van der Waals surface area (Å²) in [5, 5.41) is 18.8. The number of pyridine rings is 1. The summed E-state index contributed by atoms with van der Waals surface area (Å²) in [7, 11) is -1.42. The first-order valence-electron chi connectivity index (χ1n) is 4.10. The molecule has 0 aromatic carbocycles. The molecule has 0 saturated carbocycles. The first-order valence-corrected chi connectivity index (χ1v) is 5.09. The summed E-state index contributed by atoms with van der Waals surface area (Å²) in [6.45, 7) is 3.90. The fraction of sp³-hybridized carbons (Fsp3) is 0.375. The number of hydrogen-bond donors (Lipinski definition) is 2. The summed E-state index contributed by atoms with van der Waals surface area (Å²) in [6, 6.07) is 1.86. The molecule has 0 aliphatic heterocycles. The standard InChI is InChI=1S/C8H12BNO2S/c1-3-13-8-4-6(2)7(5-10-8)9(11)12/h4-5,11-12H,3H2,1-2H3. The second-order valence-electron chi connectivity index (χ2n) is 2.69. The first-order chi connectivity index (χ1) is 6.15. The Bertz CT molecular complexity index is 293. The van der Waals surface area contributed by atoms with E-state index in [0.29, 0.717) is 5.46 Å². The highest BCUT2D eigenvalue weighted by molar-refractivity contribution is 7.99. The predicted molar refractivity (Wildman–Crippen MR) is 55.2 cm³/mol. The average molecular weight is 197 g/mol. The Labute approximate surface area is 82.4 Å². The minimum Gasteiger partial charge on any atom is -0.423 e. The van der Waals surface area contributed by atoms with Gasteiger partial charge in [-0.3, -0.25) is 4.98 Å². The smallest absolute Gasteiger partial charge is 0.423 e. The van der Waals surface area contributed by atoms with Crippen LogP contribution in [0.5, 0.6) is 0 Å². The molecule has 0 aliphatic carbocycles. The van der Waals surface area contributed by atoms with Crippen LogP contribution in [-0.4, -0.2) is 27.9 Å². The van der Waals surface area contributed by atoms with Crippen LogP contribution < -0.4 is 5.46 Å². The molecule has 3 nitrogen and oxygen atoms in total. The zero-order valence-electron chi connectivity index (χ0n) is 7.69. The van der Waals surface area contributed by atoms with Crippen LogP contribution >= 0.6 is 11.8 Å². The van der Waals surface area contributed by atoms with Crippen molar-refractivity contribution in [3.8, 4) is 0 Å². The molecule has 5 heteroatoms. The highest BCUT2D eigenvalue weighted by Gasteiger charge is 2.14. The molecular weight excluding hydrogens is 185 g/mol. The van der Waals surface area contributed by atoms with Gasteiger partial charge in [-0.05, 0) is 24.3 Å². The second kappa shape index (κ2) is 4.65. The fourth-order valence-corrected chi connectivity index (χ4v) is 1.72. The molecule has 0 atom stereocenters. The third kappa shape index (κ3) is 2.72. The van der Waals surface area contributed by atoms with Crippen LogP contribution in [0.3, 0.4) is 0 Å². The van der Waals surface area contributed by atoms with Crippen molar-refractivity contribution in [3.05, 3.63) is 17.8 Å². The molecule has 0 amide bonds. The minimum atomic E-state index is -1.42. The van der Waals surface area contributed by atoms with Crippen LogP contribution in [0.1, 0.15) is 12.5 Å². The van der Waals surface area contributed by atoms with Gasteiger partial charge in [0.05, 0.1) is 5.03 Å². The van der Waals surface area contributed by atoms with Crippen molar-refractivity contribution >= 4 is 24.3 Å². The van der Waals surface area contributed by atoms with E-state index < -0.39 is 7.12 Å². The van der Waals surface area contributed by atoms with E-state index in [2.05, 4.69) is 11.9 Å². The minimum absolute atomic E-state index is 0.473. The van der Waals surface area contributed by atoms with Gasteiger partial charge in [-0.1, -0.05) is 6.92 Å². The Kier molecular flexibility index (Phi) is 3.78. The zero-order chi connectivity index (χ0) is 9.84. The molecular formula is C8H12BNO2S. The summed E-state index contributed by atoms with van der Waals surface area (Å²) in [5.74, 6) is 0.966. The van der Waals surface area contributed by atoms with Gasteiger partial charge >= 0.3 is 7.12 Å². The zero-order valence-corrected chi connectivity index (χ0v) is 8.51. The molecule has 0 bridgehead atoms. The van der Waals surface area contributed by atoms with Gasteiger partial charge in [-0.25, -0.2) is 0 Å². The van der Waals surface area contributed by atoms with E-state index in [1.54, 1.807) is 11.8 Å². The van der Waals surface area contributed by atoms with Crippen molar-refractivity contribution in [1.82, 2.24) is 4.98 Å². The van der Waals surface area contributed by atoms with Crippen LogP contribution in [0.4, 0.5) is 0 Å². The van der Waals surface area contributed by atoms with E-state index >= 15 is 0 Å². The third-order valence-electron chi connectivity index (χ3n) is 1.70. The lowest BCUT2D eigenvalue weighted by Crippen LogP contribution is -2.32. The van der Waals surface area contributed by atoms with E-state index in [1.165, 1.54) is 6.20 Å².